The SMILES string of the molecule is c1ccc(-c2ccc(-c3nc(-c4ccccc4)nc(-c4ccc5c(c4)oc4ccc(-c6cc(-c7ccccc7)c7c(c6)sc6ccccc67)cc45)n3)cc2)cc1. The maximum Gasteiger partial charge on any atom is 0.164 e. The molecule has 262 valence electrons. The van der Waals surface area contributed by atoms with Crippen molar-refractivity contribution in [3.8, 4) is 67.5 Å². The van der Waals surface area contributed by atoms with Crippen LogP contribution in [0.3, 0.4) is 0 Å². The third-order valence-corrected chi connectivity index (χ3v) is 11.7. The van der Waals surface area contributed by atoms with E-state index in [1.54, 1.807) is 0 Å². The number of nitrogens with zero attached hydrogens (tertiary/aromatic N) is 3. The Morgan fingerprint density at radius 3 is 1.61 bits per heavy atom. The molecule has 0 bridgehead atoms. The molecule has 0 spiro atoms. The maximum absolute atomic E-state index is 6.52. The Labute approximate surface area is 327 Å². The van der Waals surface area contributed by atoms with Crippen molar-refractivity contribution in [1.82, 2.24) is 15.0 Å². The van der Waals surface area contributed by atoms with Crippen molar-refractivity contribution in [1.29, 1.82) is 0 Å². The van der Waals surface area contributed by atoms with Gasteiger partial charge in [-0.25, -0.2) is 15.0 Å². The summed E-state index contributed by atoms with van der Waals surface area (Å²) in [5.74, 6) is 1.83. The summed E-state index contributed by atoms with van der Waals surface area (Å²) in [6, 6.07) is 65.8. The molecule has 0 aliphatic rings. The second kappa shape index (κ2) is 13.3. The van der Waals surface area contributed by atoms with Crippen LogP contribution >= 0.6 is 11.3 Å². The van der Waals surface area contributed by atoms with Gasteiger partial charge in [0.25, 0.3) is 0 Å². The molecule has 0 atom stereocenters. The van der Waals surface area contributed by atoms with Crippen molar-refractivity contribution in [3.05, 3.63) is 188 Å². The molecule has 0 N–H and O–H groups in total. The zero-order valence-corrected chi connectivity index (χ0v) is 30.9. The molecule has 4 nitrogen and oxygen atoms in total. The Morgan fingerprint density at radius 1 is 0.321 bits per heavy atom. The highest BCUT2D eigenvalue weighted by Crippen LogP contribution is 2.44. The lowest BCUT2D eigenvalue weighted by atomic mass is 9.94. The zero-order chi connectivity index (χ0) is 37.0. The number of benzene rings is 8. The minimum atomic E-state index is 0.592. The van der Waals surface area contributed by atoms with E-state index in [4.69, 9.17) is 19.4 Å². The molecule has 5 heteroatoms. The molecule has 0 fully saturated rings. The molecule has 3 aromatic heterocycles. The average Bonchev–Trinajstić information content (AvgIpc) is 3.84. The van der Waals surface area contributed by atoms with E-state index in [0.29, 0.717) is 17.5 Å². The summed E-state index contributed by atoms with van der Waals surface area (Å²) in [6.45, 7) is 0. The summed E-state index contributed by atoms with van der Waals surface area (Å²) in [4.78, 5) is 15.0. The predicted molar refractivity (Wildman–Crippen MR) is 233 cm³/mol. The number of hydrogen-bond acceptors (Lipinski definition) is 5. The molecule has 0 saturated heterocycles. The van der Waals surface area contributed by atoms with E-state index in [0.717, 1.165) is 49.8 Å². The first-order chi connectivity index (χ1) is 27.7. The fourth-order valence-corrected chi connectivity index (χ4v) is 8.93. The van der Waals surface area contributed by atoms with Crippen molar-refractivity contribution in [2.24, 2.45) is 0 Å². The van der Waals surface area contributed by atoms with Gasteiger partial charge in [0.2, 0.25) is 0 Å². The van der Waals surface area contributed by atoms with Crippen LogP contribution < -0.4 is 0 Å². The number of fused-ring (bicyclic) bond motifs is 6. The highest BCUT2D eigenvalue weighted by Gasteiger charge is 2.17. The molecule has 0 saturated carbocycles. The third kappa shape index (κ3) is 5.65. The second-order valence-electron chi connectivity index (χ2n) is 14.0. The molecule has 11 aromatic rings. The minimum Gasteiger partial charge on any atom is -0.456 e. The van der Waals surface area contributed by atoms with Crippen LogP contribution in [0.2, 0.25) is 0 Å². The molecule has 0 aliphatic carbocycles. The normalized spacial score (nSPS) is 11.6. The Hall–Kier alpha value is -7.21. The Morgan fingerprint density at radius 2 is 0.875 bits per heavy atom. The van der Waals surface area contributed by atoms with Crippen LogP contribution in [0.25, 0.3) is 110 Å². The van der Waals surface area contributed by atoms with E-state index < -0.39 is 0 Å². The van der Waals surface area contributed by atoms with Crippen LogP contribution in [0.5, 0.6) is 0 Å². The van der Waals surface area contributed by atoms with Crippen LogP contribution in [0, 0.1) is 0 Å². The summed E-state index contributed by atoms with van der Waals surface area (Å²) < 4.78 is 9.10. The predicted octanol–water partition coefficient (Wildman–Crippen LogP) is 14.1. The second-order valence-corrected chi connectivity index (χ2v) is 15.1. The van der Waals surface area contributed by atoms with Gasteiger partial charge in [0.05, 0.1) is 0 Å². The van der Waals surface area contributed by atoms with Crippen molar-refractivity contribution in [3.63, 3.8) is 0 Å². The highest BCUT2D eigenvalue weighted by molar-refractivity contribution is 7.26. The molecule has 3 heterocycles. The lowest BCUT2D eigenvalue weighted by Crippen LogP contribution is -2.00. The van der Waals surface area contributed by atoms with Gasteiger partial charge in [0.1, 0.15) is 11.2 Å². The van der Waals surface area contributed by atoms with Gasteiger partial charge < -0.3 is 4.42 Å². The number of thiophene rings is 1. The summed E-state index contributed by atoms with van der Waals surface area (Å²) in [5, 5.41) is 4.73. The first-order valence-corrected chi connectivity index (χ1v) is 19.5. The summed E-state index contributed by atoms with van der Waals surface area (Å²) in [5.41, 5.74) is 11.4. The van der Waals surface area contributed by atoms with Crippen LogP contribution in [0.4, 0.5) is 0 Å². The van der Waals surface area contributed by atoms with Gasteiger partial charge in [0.15, 0.2) is 17.5 Å². The van der Waals surface area contributed by atoms with Crippen LogP contribution in [0.1, 0.15) is 0 Å². The van der Waals surface area contributed by atoms with Crippen LogP contribution in [-0.4, -0.2) is 15.0 Å². The summed E-state index contributed by atoms with van der Waals surface area (Å²) >= 11 is 1.85. The van der Waals surface area contributed by atoms with Gasteiger partial charge in [-0.15, -0.1) is 11.3 Å². The Kier molecular flexibility index (Phi) is 7.64. The third-order valence-electron chi connectivity index (χ3n) is 10.5. The molecular weight excluding hydrogens is 703 g/mol. The van der Waals surface area contributed by atoms with Gasteiger partial charge >= 0.3 is 0 Å². The maximum atomic E-state index is 6.52. The number of hydrogen-bond donors (Lipinski definition) is 0. The molecular formula is C51H31N3OS. The van der Waals surface area contributed by atoms with Gasteiger partial charge in [-0.3, -0.25) is 0 Å². The topological polar surface area (TPSA) is 51.8 Å². The molecule has 56 heavy (non-hydrogen) atoms. The van der Waals surface area contributed by atoms with Gasteiger partial charge in [0, 0.05) is 47.6 Å². The molecule has 0 radical (unpaired) electrons. The van der Waals surface area contributed by atoms with Gasteiger partial charge in [-0.1, -0.05) is 146 Å². The van der Waals surface area contributed by atoms with Crippen molar-refractivity contribution in [2.45, 2.75) is 0 Å². The number of furan rings is 1. The lowest BCUT2D eigenvalue weighted by molar-refractivity contribution is 0.669. The molecule has 11 rings (SSSR count). The average molecular weight is 734 g/mol. The van der Waals surface area contributed by atoms with Crippen LogP contribution in [-0.2, 0) is 0 Å². The van der Waals surface area contributed by atoms with E-state index in [2.05, 4.69) is 152 Å². The monoisotopic (exact) mass is 733 g/mol. The molecule has 0 aliphatic heterocycles. The van der Waals surface area contributed by atoms with Crippen LogP contribution in [0.15, 0.2) is 192 Å². The molecule has 8 aromatic carbocycles. The zero-order valence-electron chi connectivity index (χ0n) is 30.1. The van der Waals surface area contributed by atoms with E-state index in [1.807, 2.05) is 47.7 Å². The van der Waals surface area contributed by atoms with E-state index in [9.17, 15) is 0 Å². The highest BCUT2D eigenvalue weighted by atomic mass is 32.1. The summed E-state index contributed by atoms with van der Waals surface area (Å²) in [7, 11) is 0. The Balaban J connectivity index is 1.01. The standard InChI is InChI=1S/C51H31N3OS/c1-4-12-32(13-5-1)33-20-22-36(23-21-33)50-52-49(35-16-8-3-9-17-35)53-51(54-50)38-24-26-40-43-28-37(25-27-44(43)55-45(40)30-38)39-29-42(34-14-6-2-7-15-34)48-41-18-10-11-19-46(41)56-47(48)31-39/h1-31H. The van der Waals surface area contributed by atoms with E-state index >= 15 is 0 Å². The summed E-state index contributed by atoms with van der Waals surface area (Å²) in [6.07, 6.45) is 0. The van der Waals surface area contributed by atoms with Crippen molar-refractivity contribution in [2.75, 3.05) is 0 Å². The van der Waals surface area contributed by atoms with Crippen molar-refractivity contribution < 1.29 is 4.42 Å². The fourth-order valence-electron chi connectivity index (χ4n) is 7.76. The van der Waals surface area contributed by atoms with Gasteiger partial charge in [-0.05, 0) is 75.8 Å². The van der Waals surface area contributed by atoms with E-state index in [1.165, 1.54) is 42.4 Å². The number of rotatable bonds is 6. The van der Waals surface area contributed by atoms with Gasteiger partial charge in [-0.2, -0.15) is 0 Å². The first-order valence-electron chi connectivity index (χ1n) is 18.7. The van der Waals surface area contributed by atoms with Crippen molar-refractivity contribution >= 4 is 53.4 Å². The first kappa shape index (κ1) is 32.2. The Bertz CT molecular complexity index is 3230. The number of aromatic nitrogens is 3. The lowest BCUT2D eigenvalue weighted by Gasteiger charge is -2.10. The smallest absolute Gasteiger partial charge is 0.164 e. The van der Waals surface area contributed by atoms with E-state index in [-0.39, 0.29) is 0 Å². The fraction of sp³-hybridized carbons (Fsp3) is 0. The quantitative estimate of drug-likeness (QED) is 0.171. The molecule has 0 unspecified atom stereocenters. The minimum absolute atomic E-state index is 0.592. The molecule has 0 amide bonds. The largest absolute Gasteiger partial charge is 0.456 e.